The Morgan fingerprint density at radius 3 is 2.62 bits per heavy atom. The first kappa shape index (κ1) is 16.1. The van der Waals surface area contributed by atoms with Gasteiger partial charge in [-0.25, -0.2) is 0 Å². The van der Waals surface area contributed by atoms with Crippen LogP contribution in [0.1, 0.15) is 44.5 Å². The van der Waals surface area contributed by atoms with Crippen LogP contribution in [-0.2, 0) is 6.42 Å². The van der Waals surface area contributed by atoms with Gasteiger partial charge < -0.3 is 14.7 Å². The van der Waals surface area contributed by atoms with Crippen LogP contribution in [0.3, 0.4) is 0 Å². The van der Waals surface area contributed by atoms with E-state index in [9.17, 15) is 14.4 Å². The number of pyridine rings is 1. The normalized spacial score (nSPS) is 16.2. The molecular formula is C20H16N2O4. The monoisotopic (exact) mass is 348 g/mol. The van der Waals surface area contributed by atoms with Crippen molar-refractivity contribution in [3.8, 4) is 0 Å². The highest BCUT2D eigenvalue weighted by Crippen LogP contribution is 2.31. The summed E-state index contributed by atoms with van der Waals surface area (Å²) >= 11 is 0. The molecule has 0 spiro atoms. The van der Waals surface area contributed by atoms with Gasteiger partial charge in [0.1, 0.15) is 11.3 Å². The first-order valence-electron chi connectivity index (χ1n) is 8.31. The molecule has 130 valence electrons. The topological polar surface area (TPSA) is 92.2 Å². The second-order valence-corrected chi connectivity index (χ2v) is 6.27. The zero-order valence-electron chi connectivity index (χ0n) is 13.8. The molecule has 0 bridgehead atoms. The van der Waals surface area contributed by atoms with Crippen molar-refractivity contribution >= 4 is 17.4 Å². The number of carbonyl (C=O) groups is 2. The number of aromatic amines is 1. The predicted molar refractivity (Wildman–Crippen MR) is 95.6 cm³/mol. The molecule has 4 rings (SSSR count). The van der Waals surface area contributed by atoms with Crippen molar-refractivity contribution in [3.63, 3.8) is 0 Å². The van der Waals surface area contributed by atoms with Crippen LogP contribution in [-0.4, -0.2) is 16.7 Å². The van der Waals surface area contributed by atoms with Crippen LogP contribution >= 0.6 is 0 Å². The quantitative estimate of drug-likeness (QED) is 0.760. The molecule has 1 aliphatic rings. The first-order valence-corrected chi connectivity index (χ1v) is 8.31. The van der Waals surface area contributed by atoms with Crippen LogP contribution in [0.2, 0.25) is 0 Å². The Morgan fingerprint density at radius 1 is 1.08 bits per heavy atom. The first-order chi connectivity index (χ1) is 12.6. The molecule has 2 aromatic heterocycles. The minimum Gasteiger partial charge on any atom is -0.469 e. The van der Waals surface area contributed by atoms with Crippen molar-refractivity contribution in [2.75, 3.05) is 5.32 Å². The van der Waals surface area contributed by atoms with E-state index in [-0.39, 0.29) is 23.7 Å². The fourth-order valence-corrected chi connectivity index (χ4v) is 3.24. The Labute approximate surface area is 148 Å². The average molecular weight is 348 g/mol. The Balaban J connectivity index is 1.64. The summed E-state index contributed by atoms with van der Waals surface area (Å²) in [5.74, 6) is -0.0424. The van der Waals surface area contributed by atoms with Crippen molar-refractivity contribution in [2.24, 2.45) is 0 Å². The Kier molecular flexibility index (Phi) is 4.01. The van der Waals surface area contributed by atoms with Crippen LogP contribution in [0.25, 0.3) is 0 Å². The number of hydrogen-bond donors (Lipinski definition) is 2. The smallest absolute Gasteiger partial charge is 0.261 e. The number of amides is 1. The van der Waals surface area contributed by atoms with Crippen molar-refractivity contribution in [1.82, 2.24) is 4.98 Å². The molecule has 26 heavy (non-hydrogen) atoms. The summed E-state index contributed by atoms with van der Waals surface area (Å²) < 4.78 is 5.39. The standard InChI is InChI=1S/C20H16N2O4/c23-17-10-12(18-7-4-8-26-18)9-16-14(17)11-15(20(25)22-16)19(24)21-13-5-2-1-3-6-13/h1-8,11-12H,9-10H2,(H,21,24)(H,22,25)/t12-/m1/s1. The molecule has 2 heterocycles. The summed E-state index contributed by atoms with van der Waals surface area (Å²) in [4.78, 5) is 40.0. The summed E-state index contributed by atoms with van der Waals surface area (Å²) in [7, 11) is 0. The van der Waals surface area contributed by atoms with E-state index in [4.69, 9.17) is 4.42 Å². The number of H-pyrrole nitrogens is 1. The molecule has 6 nitrogen and oxygen atoms in total. The van der Waals surface area contributed by atoms with Gasteiger partial charge in [0.05, 0.1) is 6.26 Å². The van der Waals surface area contributed by atoms with E-state index in [0.29, 0.717) is 23.4 Å². The van der Waals surface area contributed by atoms with Crippen molar-refractivity contribution < 1.29 is 14.0 Å². The van der Waals surface area contributed by atoms with Gasteiger partial charge in [-0.05, 0) is 36.8 Å². The Morgan fingerprint density at radius 2 is 1.88 bits per heavy atom. The molecule has 1 aliphatic carbocycles. The minimum absolute atomic E-state index is 0.0719. The number of furan rings is 1. The predicted octanol–water partition coefficient (Wildman–Crippen LogP) is 3.13. The van der Waals surface area contributed by atoms with Gasteiger partial charge in [-0.15, -0.1) is 0 Å². The fraction of sp³-hybridized carbons (Fsp3) is 0.150. The number of benzene rings is 1. The van der Waals surface area contributed by atoms with E-state index in [1.54, 1.807) is 36.6 Å². The molecular weight excluding hydrogens is 332 g/mol. The summed E-state index contributed by atoms with van der Waals surface area (Å²) in [6.45, 7) is 0. The van der Waals surface area contributed by atoms with Gasteiger partial charge in [0, 0.05) is 29.3 Å². The highest BCUT2D eigenvalue weighted by Gasteiger charge is 2.30. The highest BCUT2D eigenvalue weighted by molar-refractivity contribution is 6.06. The third-order valence-electron chi connectivity index (χ3n) is 4.53. The summed E-state index contributed by atoms with van der Waals surface area (Å²) in [5.41, 5.74) is 0.941. The maximum Gasteiger partial charge on any atom is 0.261 e. The zero-order chi connectivity index (χ0) is 18.1. The van der Waals surface area contributed by atoms with Gasteiger partial charge >= 0.3 is 0 Å². The lowest BCUT2D eigenvalue weighted by Gasteiger charge is -2.22. The van der Waals surface area contributed by atoms with Crippen molar-refractivity contribution in [2.45, 2.75) is 18.8 Å². The molecule has 1 aromatic carbocycles. The molecule has 3 aromatic rings. The van der Waals surface area contributed by atoms with Gasteiger partial charge in [-0.2, -0.15) is 0 Å². The Hall–Kier alpha value is -3.41. The third kappa shape index (κ3) is 2.97. The number of anilines is 1. The number of nitrogens with one attached hydrogen (secondary N) is 2. The summed E-state index contributed by atoms with van der Waals surface area (Å²) in [6.07, 6.45) is 2.34. The maximum absolute atomic E-state index is 12.5. The molecule has 0 unspecified atom stereocenters. The molecule has 0 saturated heterocycles. The lowest BCUT2D eigenvalue weighted by molar-refractivity contribution is 0.0959. The van der Waals surface area contributed by atoms with Crippen LogP contribution in [0, 0.1) is 0 Å². The zero-order valence-corrected chi connectivity index (χ0v) is 13.8. The van der Waals surface area contributed by atoms with E-state index < -0.39 is 11.5 Å². The van der Waals surface area contributed by atoms with Gasteiger partial charge in [0.2, 0.25) is 0 Å². The Bertz CT molecular complexity index is 1020. The molecule has 1 atom stereocenters. The number of hydrogen-bond acceptors (Lipinski definition) is 4. The molecule has 0 radical (unpaired) electrons. The number of aromatic nitrogens is 1. The van der Waals surface area contributed by atoms with Crippen LogP contribution in [0.5, 0.6) is 0 Å². The number of ketones is 1. The maximum atomic E-state index is 12.5. The average Bonchev–Trinajstić information content (AvgIpc) is 3.16. The molecule has 0 saturated carbocycles. The summed E-state index contributed by atoms with van der Waals surface area (Å²) in [5, 5.41) is 2.67. The van der Waals surface area contributed by atoms with E-state index in [2.05, 4.69) is 10.3 Å². The number of rotatable bonds is 3. The van der Waals surface area contributed by atoms with E-state index in [1.807, 2.05) is 12.1 Å². The van der Waals surface area contributed by atoms with E-state index in [1.165, 1.54) is 6.07 Å². The second-order valence-electron chi connectivity index (χ2n) is 6.27. The van der Waals surface area contributed by atoms with Gasteiger partial charge in [0.25, 0.3) is 11.5 Å². The van der Waals surface area contributed by atoms with Crippen molar-refractivity contribution in [3.05, 3.63) is 87.7 Å². The third-order valence-corrected chi connectivity index (χ3v) is 4.53. The number of carbonyl (C=O) groups excluding carboxylic acids is 2. The molecule has 2 N–H and O–H groups in total. The molecule has 0 aliphatic heterocycles. The van der Waals surface area contributed by atoms with Crippen LogP contribution in [0.15, 0.2) is 64.0 Å². The van der Waals surface area contributed by atoms with Gasteiger partial charge in [-0.1, -0.05) is 18.2 Å². The number of Topliss-reactive ketones (excluding diaryl/α,β-unsaturated/α-hetero) is 1. The van der Waals surface area contributed by atoms with E-state index >= 15 is 0 Å². The van der Waals surface area contributed by atoms with Crippen molar-refractivity contribution in [1.29, 1.82) is 0 Å². The van der Waals surface area contributed by atoms with Crippen LogP contribution in [0.4, 0.5) is 5.69 Å². The second kappa shape index (κ2) is 6.48. The van der Waals surface area contributed by atoms with Gasteiger partial charge in [0.15, 0.2) is 5.78 Å². The molecule has 1 amide bonds. The minimum atomic E-state index is -0.541. The molecule has 6 heteroatoms. The largest absolute Gasteiger partial charge is 0.469 e. The molecule has 0 fully saturated rings. The fourth-order valence-electron chi connectivity index (χ4n) is 3.24. The lowest BCUT2D eigenvalue weighted by atomic mass is 9.84. The summed E-state index contributed by atoms with van der Waals surface area (Å²) in [6, 6.07) is 13.8. The van der Waals surface area contributed by atoms with Crippen LogP contribution < -0.4 is 10.9 Å². The lowest BCUT2D eigenvalue weighted by Crippen LogP contribution is -2.29. The highest BCUT2D eigenvalue weighted by atomic mass is 16.3. The SMILES string of the molecule is O=C1C[C@H](c2ccco2)Cc2[nH]c(=O)c(C(=O)Nc3ccccc3)cc21. The number of fused-ring (bicyclic) bond motifs is 1. The van der Waals surface area contributed by atoms with Gasteiger partial charge in [-0.3, -0.25) is 14.4 Å². The van der Waals surface area contributed by atoms with E-state index in [0.717, 1.165) is 5.76 Å². The number of para-hydroxylation sites is 1.